The van der Waals surface area contributed by atoms with Crippen molar-refractivity contribution in [3.63, 3.8) is 0 Å². The Morgan fingerprint density at radius 2 is 2.03 bits per heavy atom. The van der Waals surface area contributed by atoms with Gasteiger partial charge in [0.25, 0.3) is 0 Å². The highest BCUT2D eigenvalue weighted by Gasteiger charge is 2.21. The molecule has 1 aliphatic carbocycles. The topological polar surface area (TPSA) is 66.2 Å². The van der Waals surface area contributed by atoms with E-state index in [9.17, 15) is 4.79 Å². The van der Waals surface area contributed by atoms with Crippen molar-refractivity contribution in [3.8, 4) is 5.88 Å². The van der Waals surface area contributed by atoms with Crippen LogP contribution in [-0.4, -0.2) is 34.2 Å². The van der Waals surface area contributed by atoms with Crippen molar-refractivity contribution in [2.75, 3.05) is 13.7 Å². The van der Waals surface area contributed by atoms with E-state index < -0.39 is 0 Å². The van der Waals surface area contributed by atoms with Gasteiger partial charge < -0.3 is 14.0 Å². The lowest BCUT2D eigenvalue weighted by molar-refractivity contribution is 0.0601. The fourth-order valence-corrected chi connectivity index (χ4v) is 4.33. The van der Waals surface area contributed by atoms with E-state index in [0.717, 1.165) is 25.8 Å². The van der Waals surface area contributed by atoms with Gasteiger partial charge in [-0.05, 0) is 62.8 Å². The number of fused-ring (bicyclic) bond motifs is 3. The van der Waals surface area contributed by atoms with Crippen molar-refractivity contribution in [1.29, 1.82) is 0 Å². The van der Waals surface area contributed by atoms with Crippen molar-refractivity contribution in [3.05, 3.63) is 52.1 Å². The predicted octanol–water partition coefficient (Wildman–Crippen LogP) is 4.53. The van der Waals surface area contributed by atoms with Gasteiger partial charge in [-0.15, -0.1) is 0 Å². The number of halogens is 1. The monoisotopic (exact) mass is 413 g/mol. The van der Waals surface area contributed by atoms with Crippen LogP contribution in [0, 0.1) is 6.92 Å². The summed E-state index contributed by atoms with van der Waals surface area (Å²) in [5.74, 6) is 0.806. The van der Waals surface area contributed by atoms with E-state index >= 15 is 0 Å². The third-order valence-corrected chi connectivity index (χ3v) is 5.55. The lowest BCUT2D eigenvalue weighted by atomic mass is 9.95. The summed E-state index contributed by atoms with van der Waals surface area (Å²) >= 11 is 5.97. The molecule has 3 aromatic rings. The molecule has 0 atom stereocenters. The Bertz CT molecular complexity index is 1040. The van der Waals surface area contributed by atoms with Gasteiger partial charge >= 0.3 is 5.97 Å². The van der Waals surface area contributed by atoms with Crippen LogP contribution in [0.4, 0.5) is 0 Å². The summed E-state index contributed by atoms with van der Waals surface area (Å²) in [5, 5.41) is 1.56. The van der Waals surface area contributed by atoms with E-state index in [4.69, 9.17) is 21.1 Å². The van der Waals surface area contributed by atoms with Gasteiger partial charge in [-0.2, -0.15) is 4.98 Å². The molecule has 0 amide bonds. The molecular weight excluding hydrogens is 390 g/mol. The lowest BCUT2D eigenvalue weighted by Crippen LogP contribution is -2.11. The van der Waals surface area contributed by atoms with Crippen LogP contribution in [0.1, 0.15) is 46.7 Å². The molecule has 0 bridgehead atoms. The number of hydrogen-bond acceptors (Lipinski definition) is 5. The first-order chi connectivity index (χ1) is 14.1. The fraction of sp³-hybridized carbons (Fsp3) is 0.409. The molecule has 0 saturated carbocycles. The molecule has 1 aromatic carbocycles. The second-order valence-corrected chi connectivity index (χ2v) is 7.67. The molecule has 2 aromatic heterocycles. The van der Waals surface area contributed by atoms with Crippen molar-refractivity contribution in [2.45, 2.75) is 45.6 Å². The number of carbonyl (C=O) groups excluding carboxylic acids is 1. The first-order valence-electron chi connectivity index (χ1n) is 9.93. The number of esters is 1. The Kier molecular flexibility index (Phi) is 5.72. The summed E-state index contributed by atoms with van der Waals surface area (Å²) in [6.07, 6.45) is 5.35. The highest BCUT2D eigenvalue weighted by Crippen LogP contribution is 2.33. The number of rotatable bonds is 6. The zero-order chi connectivity index (χ0) is 20.4. The summed E-state index contributed by atoms with van der Waals surface area (Å²) < 4.78 is 13.1. The van der Waals surface area contributed by atoms with Gasteiger partial charge in [0.2, 0.25) is 5.88 Å². The molecule has 7 heteroatoms. The predicted molar refractivity (Wildman–Crippen MR) is 112 cm³/mol. The minimum atomic E-state index is -0.295. The highest BCUT2D eigenvalue weighted by molar-refractivity contribution is 6.29. The fourth-order valence-electron chi connectivity index (χ4n) is 4.11. The Hall–Kier alpha value is -2.60. The van der Waals surface area contributed by atoms with Crippen LogP contribution in [-0.2, 0) is 24.1 Å². The molecule has 0 saturated heterocycles. The second-order valence-electron chi connectivity index (χ2n) is 7.29. The molecule has 29 heavy (non-hydrogen) atoms. The third-order valence-electron chi connectivity index (χ3n) is 5.36. The summed E-state index contributed by atoms with van der Waals surface area (Å²) in [6, 6.07) is 7.49. The van der Waals surface area contributed by atoms with Gasteiger partial charge in [0.1, 0.15) is 11.0 Å². The quantitative estimate of drug-likeness (QED) is 0.337. The molecule has 152 valence electrons. The molecule has 0 aliphatic heterocycles. The molecule has 0 N–H and O–H groups in total. The van der Waals surface area contributed by atoms with Gasteiger partial charge in [0, 0.05) is 29.2 Å². The second kappa shape index (κ2) is 8.41. The number of methoxy groups -OCH3 is 1. The standard InChI is InChI=1S/C22H24ClN3O3/c1-14-24-20(23)13-21(25-14)29-11-5-10-26-18-7-4-3-6-16(18)17-12-15(22(27)28-2)8-9-19(17)26/h8-9,12-13H,3-7,10-11H2,1-2H3. The highest BCUT2D eigenvalue weighted by atomic mass is 35.5. The van der Waals surface area contributed by atoms with Crippen molar-refractivity contribution in [1.82, 2.24) is 14.5 Å². The van der Waals surface area contributed by atoms with E-state index in [1.165, 1.54) is 42.1 Å². The molecule has 0 fully saturated rings. The number of nitrogens with zero attached hydrogens (tertiary/aromatic N) is 3. The zero-order valence-corrected chi connectivity index (χ0v) is 17.5. The Balaban J connectivity index is 1.54. The Morgan fingerprint density at radius 1 is 1.21 bits per heavy atom. The number of aryl methyl sites for hydroxylation is 3. The molecule has 2 heterocycles. The first-order valence-corrected chi connectivity index (χ1v) is 10.3. The number of aromatic nitrogens is 3. The smallest absolute Gasteiger partial charge is 0.337 e. The van der Waals surface area contributed by atoms with Crippen LogP contribution in [0.15, 0.2) is 24.3 Å². The van der Waals surface area contributed by atoms with Crippen molar-refractivity contribution >= 4 is 28.5 Å². The molecule has 6 nitrogen and oxygen atoms in total. The molecule has 1 aliphatic rings. The van der Waals surface area contributed by atoms with Gasteiger partial charge in [-0.3, -0.25) is 0 Å². The van der Waals surface area contributed by atoms with E-state index in [1.54, 1.807) is 13.0 Å². The van der Waals surface area contributed by atoms with Crippen LogP contribution in [0.2, 0.25) is 5.15 Å². The van der Waals surface area contributed by atoms with Gasteiger partial charge in [-0.25, -0.2) is 9.78 Å². The number of hydrogen-bond donors (Lipinski definition) is 0. The molecule has 0 unspecified atom stereocenters. The summed E-state index contributed by atoms with van der Waals surface area (Å²) in [5.41, 5.74) is 4.53. The van der Waals surface area contributed by atoms with Gasteiger partial charge in [0.15, 0.2) is 0 Å². The SMILES string of the molecule is COC(=O)c1ccc2c(c1)c1c(n2CCCOc2cc(Cl)nc(C)n2)CCCC1. The maximum atomic E-state index is 12.0. The minimum absolute atomic E-state index is 0.295. The molecule has 4 rings (SSSR count). The van der Waals surface area contributed by atoms with Crippen LogP contribution in [0.3, 0.4) is 0 Å². The number of carbonyl (C=O) groups is 1. The van der Waals surface area contributed by atoms with E-state index in [-0.39, 0.29) is 5.97 Å². The molecule has 0 radical (unpaired) electrons. The van der Waals surface area contributed by atoms with Crippen LogP contribution in [0.25, 0.3) is 10.9 Å². The van der Waals surface area contributed by atoms with E-state index in [2.05, 4.69) is 14.5 Å². The maximum Gasteiger partial charge on any atom is 0.337 e. The minimum Gasteiger partial charge on any atom is -0.477 e. The largest absolute Gasteiger partial charge is 0.477 e. The third kappa shape index (κ3) is 4.08. The van der Waals surface area contributed by atoms with Gasteiger partial charge in [-0.1, -0.05) is 11.6 Å². The summed E-state index contributed by atoms with van der Waals surface area (Å²) in [6.45, 7) is 3.18. The average molecular weight is 414 g/mol. The Labute approximate surface area is 174 Å². The number of ether oxygens (including phenoxy) is 2. The van der Waals surface area contributed by atoms with Gasteiger partial charge in [0.05, 0.1) is 19.3 Å². The van der Waals surface area contributed by atoms with Crippen LogP contribution < -0.4 is 4.74 Å². The normalized spacial score (nSPS) is 13.3. The summed E-state index contributed by atoms with van der Waals surface area (Å²) in [7, 11) is 1.42. The van der Waals surface area contributed by atoms with Crippen LogP contribution >= 0.6 is 11.6 Å². The molecular formula is C22H24ClN3O3. The van der Waals surface area contributed by atoms with Crippen molar-refractivity contribution < 1.29 is 14.3 Å². The average Bonchev–Trinajstić information content (AvgIpc) is 3.03. The molecule has 0 spiro atoms. The zero-order valence-electron chi connectivity index (χ0n) is 16.7. The lowest BCUT2D eigenvalue weighted by Gasteiger charge is -2.16. The number of benzene rings is 1. The van der Waals surface area contributed by atoms with E-state index in [0.29, 0.717) is 29.0 Å². The van der Waals surface area contributed by atoms with Crippen LogP contribution in [0.5, 0.6) is 5.88 Å². The summed E-state index contributed by atoms with van der Waals surface area (Å²) in [4.78, 5) is 20.3. The first kappa shape index (κ1) is 19.7. The Morgan fingerprint density at radius 3 is 2.83 bits per heavy atom. The van der Waals surface area contributed by atoms with Crippen molar-refractivity contribution in [2.24, 2.45) is 0 Å². The van der Waals surface area contributed by atoms with E-state index in [1.807, 2.05) is 18.2 Å². The maximum absolute atomic E-state index is 12.0.